The van der Waals surface area contributed by atoms with Crippen molar-refractivity contribution in [2.45, 2.75) is 37.6 Å². The lowest BCUT2D eigenvalue weighted by atomic mass is 9.88. The molecule has 1 aromatic carbocycles. The summed E-state index contributed by atoms with van der Waals surface area (Å²) in [6.45, 7) is 0. The Bertz CT molecular complexity index is 492. The van der Waals surface area contributed by atoms with Gasteiger partial charge in [0.25, 0.3) is 0 Å². The first kappa shape index (κ1) is 11.1. The number of nitrogens with one attached hydrogen (secondary N) is 1. The molecule has 0 saturated heterocycles. The van der Waals surface area contributed by atoms with Gasteiger partial charge in [0.15, 0.2) is 0 Å². The van der Waals surface area contributed by atoms with Gasteiger partial charge in [0.2, 0.25) is 5.91 Å². The number of benzene rings is 1. The number of halogens is 1. The fraction of sp³-hybridized carbons (Fsp3) is 0.462. The van der Waals surface area contributed by atoms with Crippen molar-refractivity contribution in [3.8, 4) is 0 Å². The highest BCUT2D eigenvalue weighted by molar-refractivity contribution is 6.34. The Morgan fingerprint density at radius 3 is 2.71 bits per heavy atom. The topological polar surface area (TPSA) is 55.1 Å². The highest BCUT2D eigenvalue weighted by atomic mass is 35.5. The molecule has 1 heterocycles. The summed E-state index contributed by atoms with van der Waals surface area (Å²) in [5, 5.41) is 3.40. The van der Waals surface area contributed by atoms with Gasteiger partial charge in [0, 0.05) is 5.54 Å². The lowest BCUT2D eigenvalue weighted by Crippen LogP contribution is -2.33. The molecule has 1 aromatic rings. The fourth-order valence-electron chi connectivity index (χ4n) is 2.88. The predicted octanol–water partition coefficient (Wildman–Crippen LogP) is 2.56. The van der Waals surface area contributed by atoms with E-state index in [2.05, 4.69) is 5.32 Å². The zero-order valence-corrected chi connectivity index (χ0v) is 10.3. The molecule has 0 bridgehead atoms. The molecule has 2 aliphatic rings. The summed E-state index contributed by atoms with van der Waals surface area (Å²) in [7, 11) is 0. The summed E-state index contributed by atoms with van der Waals surface area (Å²) >= 11 is 6.21. The second-order valence-electron chi connectivity index (χ2n) is 5.08. The van der Waals surface area contributed by atoms with Crippen LogP contribution in [0.25, 0.3) is 0 Å². The monoisotopic (exact) mass is 250 g/mol. The van der Waals surface area contributed by atoms with Crippen LogP contribution < -0.4 is 11.1 Å². The maximum absolute atomic E-state index is 11.4. The Morgan fingerprint density at radius 2 is 2.00 bits per heavy atom. The van der Waals surface area contributed by atoms with Crippen LogP contribution in [0.4, 0.5) is 5.69 Å². The summed E-state index contributed by atoms with van der Waals surface area (Å²) < 4.78 is 0. The molecule has 0 aromatic heterocycles. The maximum atomic E-state index is 11.4. The van der Waals surface area contributed by atoms with Crippen molar-refractivity contribution in [1.82, 2.24) is 0 Å². The number of rotatable bonds is 1. The number of amides is 1. The van der Waals surface area contributed by atoms with E-state index in [0.29, 0.717) is 11.4 Å². The highest BCUT2D eigenvalue weighted by Crippen LogP contribution is 2.41. The number of anilines is 1. The third kappa shape index (κ3) is 1.74. The Labute approximate surface area is 105 Å². The minimum Gasteiger partial charge on any atom is -0.324 e. The SMILES string of the molecule is NC1(c2cc(Cl)c3c(c2)CC(=O)N3)CCCC1. The molecule has 1 saturated carbocycles. The molecule has 17 heavy (non-hydrogen) atoms. The van der Waals surface area contributed by atoms with Crippen LogP contribution in [0, 0.1) is 0 Å². The molecule has 1 aliphatic heterocycles. The number of carbonyl (C=O) groups is 1. The molecule has 3 rings (SSSR count). The molecule has 1 amide bonds. The minimum absolute atomic E-state index is 0.0107. The standard InChI is InChI=1S/C13H15ClN2O/c14-10-7-9(13(15)3-1-2-4-13)5-8-6-11(17)16-12(8)10/h5,7H,1-4,6,15H2,(H,16,17). The van der Waals surface area contributed by atoms with Crippen LogP contribution in [-0.2, 0) is 16.8 Å². The van der Waals surface area contributed by atoms with E-state index in [1.807, 2.05) is 12.1 Å². The van der Waals surface area contributed by atoms with Gasteiger partial charge in [-0.3, -0.25) is 4.79 Å². The van der Waals surface area contributed by atoms with Crippen molar-refractivity contribution in [2.24, 2.45) is 5.73 Å². The van der Waals surface area contributed by atoms with Crippen molar-refractivity contribution < 1.29 is 4.79 Å². The van der Waals surface area contributed by atoms with Crippen molar-refractivity contribution in [1.29, 1.82) is 0 Å². The molecule has 4 heteroatoms. The Morgan fingerprint density at radius 1 is 1.29 bits per heavy atom. The fourth-order valence-corrected chi connectivity index (χ4v) is 3.17. The van der Waals surface area contributed by atoms with Crippen LogP contribution in [0.1, 0.15) is 36.8 Å². The number of hydrogen-bond acceptors (Lipinski definition) is 2. The van der Waals surface area contributed by atoms with Crippen LogP contribution in [0.15, 0.2) is 12.1 Å². The van der Waals surface area contributed by atoms with Gasteiger partial charge >= 0.3 is 0 Å². The second-order valence-corrected chi connectivity index (χ2v) is 5.49. The van der Waals surface area contributed by atoms with Crippen LogP contribution in [0.5, 0.6) is 0 Å². The highest BCUT2D eigenvalue weighted by Gasteiger charge is 2.33. The van der Waals surface area contributed by atoms with Gasteiger partial charge in [0.1, 0.15) is 0 Å². The summed E-state index contributed by atoms with van der Waals surface area (Å²) in [6, 6.07) is 3.96. The molecule has 0 unspecified atom stereocenters. The number of fused-ring (bicyclic) bond motifs is 1. The Kier molecular flexibility index (Phi) is 2.42. The molecule has 3 nitrogen and oxygen atoms in total. The summed E-state index contributed by atoms with van der Waals surface area (Å²) in [6.07, 6.45) is 4.76. The van der Waals surface area contributed by atoms with E-state index in [9.17, 15) is 4.79 Å². The predicted molar refractivity (Wildman–Crippen MR) is 68.1 cm³/mol. The van der Waals surface area contributed by atoms with E-state index in [1.54, 1.807) is 0 Å². The van der Waals surface area contributed by atoms with E-state index in [-0.39, 0.29) is 11.4 Å². The van der Waals surface area contributed by atoms with Crippen LogP contribution in [0.2, 0.25) is 5.02 Å². The summed E-state index contributed by atoms with van der Waals surface area (Å²) in [4.78, 5) is 11.4. The van der Waals surface area contributed by atoms with E-state index in [0.717, 1.165) is 29.7 Å². The van der Waals surface area contributed by atoms with Gasteiger partial charge in [0.05, 0.1) is 17.1 Å². The van der Waals surface area contributed by atoms with Gasteiger partial charge in [-0.25, -0.2) is 0 Å². The van der Waals surface area contributed by atoms with Gasteiger partial charge in [-0.05, 0) is 30.0 Å². The first-order chi connectivity index (χ1) is 8.08. The van der Waals surface area contributed by atoms with E-state index < -0.39 is 0 Å². The second kappa shape index (κ2) is 3.72. The number of nitrogens with two attached hydrogens (primary N) is 1. The van der Waals surface area contributed by atoms with Gasteiger partial charge in [-0.15, -0.1) is 0 Å². The average molecular weight is 251 g/mol. The number of carbonyl (C=O) groups excluding carboxylic acids is 1. The van der Waals surface area contributed by atoms with Crippen molar-refractivity contribution in [3.05, 3.63) is 28.3 Å². The first-order valence-corrected chi connectivity index (χ1v) is 6.38. The Balaban J connectivity index is 2.06. The lowest BCUT2D eigenvalue weighted by Gasteiger charge is -2.25. The van der Waals surface area contributed by atoms with Gasteiger partial charge in [-0.1, -0.05) is 30.5 Å². The van der Waals surface area contributed by atoms with Crippen LogP contribution >= 0.6 is 11.6 Å². The van der Waals surface area contributed by atoms with Crippen molar-refractivity contribution in [2.75, 3.05) is 5.32 Å². The van der Waals surface area contributed by atoms with E-state index >= 15 is 0 Å². The van der Waals surface area contributed by atoms with Crippen molar-refractivity contribution >= 4 is 23.2 Å². The van der Waals surface area contributed by atoms with Crippen LogP contribution in [0.3, 0.4) is 0 Å². The van der Waals surface area contributed by atoms with E-state index in [4.69, 9.17) is 17.3 Å². The summed E-state index contributed by atoms with van der Waals surface area (Å²) in [5.41, 5.74) is 8.99. The third-order valence-electron chi connectivity index (χ3n) is 3.86. The molecule has 0 spiro atoms. The molecule has 3 N–H and O–H groups in total. The molecule has 1 fully saturated rings. The Hall–Kier alpha value is -1.06. The molecule has 1 aliphatic carbocycles. The maximum Gasteiger partial charge on any atom is 0.228 e. The molecule has 0 radical (unpaired) electrons. The molecule has 0 atom stereocenters. The molecule has 90 valence electrons. The van der Waals surface area contributed by atoms with E-state index in [1.165, 1.54) is 12.8 Å². The van der Waals surface area contributed by atoms with Crippen LogP contribution in [-0.4, -0.2) is 5.91 Å². The largest absolute Gasteiger partial charge is 0.324 e. The zero-order valence-electron chi connectivity index (χ0n) is 9.55. The zero-order chi connectivity index (χ0) is 12.0. The summed E-state index contributed by atoms with van der Waals surface area (Å²) in [5.74, 6) is 0.0107. The first-order valence-electron chi connectivity index (χ1n) is 6.00. The smallest absolute Gasteiger partial charge is 0.228 e. The quantitative estimate of drug-likeness (QED) is 0.805. The lowest BCUT2D eigenvalue weighted by molar-refractivity contribution is -0.115. The van der Waals surface area contributed by atoms with Gasteiger partial charge < -0.3 is 11.1 Å². The molecular formula is C13H15ClN2O. The van der Waals surface area contributed by atoms with Gasteiger partial charge in [-0.2, -0.15) is 0 Å². The minimum atomic E-state index is -0.246. The third-order valence-corrected chi connectivity index (χ3v) is 4.16. The van der Waals surface area contributed by atoms with Crippen molar-refractivity contribution in [3.63, 3.8) is 0 Å². The number of hydrogen-bond donors (Lipinski definition) is 2. The normalized spacial score (nSPS) is 21.4. The average Bonchev–Trinajstić information content (AvgIpc) is 2.85. The molecular weight excluding hydrogens is 236 g/mol.